The van der Waals surface area contributed by atoms with Crippen molar-refractivity contribution in [2.24, 2.45) is 0 Å². The molecule has 1 heterocycles. The van der Waals surface area contributed by atoms with Crippen molar-refractivity contribution >= 4 is 17.5 Å². The van der Waals surface area contributed by atoms with E-state index in [4.69, 9.17) is 0 Å². The molecule has 4 rings (SSSR count). The van der Waals surface area contributed by atoms with E-state index in [0.29, 0.717) is 6.42 Å². The fourth-order valence-corrected chi connectivity index (χ4v) is 4.07. The summed E-state index contributed by atoms with van der Waals surface area (Å²) in [5.74, 6) is -1.12. The van der Waals surface area contributed by atoms with Gasteiger partial charge in [-0.15, -0.1) is 0 Å². The number of para-hydroxylation sites is 2. The van der Waals surface area contributed by atoms with E-state index in [2.05, 4.69) is 10.4 Å². The zero-order valence-electron chi connectivity index (χ0n) is 18.0. The minimum Gasteiger partial charge on any atom is -0.328 e. The van der Waals surface area contributed by atoms with Crippen molar-refractivity contribution in [3.05, 3.63) is 77.1 Å². The van der Waals surface area contributed by atoms with Gasteiger partial charge in [-0.3, -0.25) is 9.59 Å². The van der Waals surface area contributed by atoms with Crippen LogP contribution >= 0.6 is 0 Å². The number of hydrogen-bond acceptors (Lipinski definition) is 3. The van der Waals surface area contributed by atoms with Gasteiger partial charge in [0.05, 0.1) is 16.9 Å². The Bertz CT molecular complexity index is 1170. The second-order valence-electron chi connectivity index (χ2n) is 7.79. The van der Waals surface area contributed by atoms with E-state index < -0.39 is 23.6 Å². The molecule has 0 aliphatic heterocycles. The molecular weight excluding hydrogens is 433 g/mol. The molecule has 9 heteroatoms. The van der Waals surface area contributed by atoms with Gasteiger partial charge in [-0.1, -0.05) is 30.3 Å². The largest absolute Gasteiger partial charge is 0.418 e. The van der Waals surface area contributed by atoms with Gasteiger partial charge < -0.3 is 10.2 Å². The number of rotatable bonds is 6. The first-order chi connectivity index (χ1) is 15.8. The van der Waals surface area contributed by atoms with Gasteiger partial charge in [-0.05, 0) is 50.5 Å². The maximum absolute atomic E-state index is 13.3. The predicted molar refractivity (Wildman–Crippen MR) is 117 cm³/mol. The zero-order chi connectivity index (χ0) is 23.6. The van der Waals surface area contributed by atoms with Crippen molar-refractivity contribution in [1.29, 1.82) is 0 Å². The lowest BCUT2D eigenvalue weighted by molar-refractivity contribution is -0.137. The molecule has 1 aliphatic rings. The van der Waals surface area contributed by atoms with E-state index in [-0.39, 0.29) is 24.5 Å². The minimum absolute atomic E-state index is 0.208. The fourth-order valence-electron chi connectivity index (χ4n) is 4.07. The number of nitrogens with one attached hydrogen (secondary N) is 1. The third kappa shape index (κ3) is 4.62. The molecule has 0 atom stereocenters. The number of benzene rings is 2. The maximum atomic E-state index is 13.3. The molecule has 0 unspecified atom stereocenters. The Balaban J connectivity index is 1.55. The van der Waals surface area contributed by atoms with E-state index in [9.17, 15) is 22.8 Å². The number of carbonyl (C=O) groups is 2. The van der Waals surface area contributed by atoms with E-state index in [1.165, 1.54) is 23.1 Å². The molecule has 0 radical (unpaired) electrons. The van der Waals surface area contributed by atoms with Crippen molar-refractivity contribution < 1.29 is 22.8 Å². The summed E-state index contributed by atoms with van der Waals surface area (Å²) >= 11 is 0. The number of likely N-dealkylation sites (N-methyl/N-ethyl adjacent to an activating group) is 1. The van der Waals surface area contributed by atoms with E-state index in [0.717, 1.165) is 35.9 Å². The number of alkyl halides is 3. The van der Waals surface area contributed by atoms with Gasteiger partial charge in [0.2, 0.25) is 5.91 Å². The molecule has 33 heavy (non-hydrogen) atoms. The highest BCUT2D eigenvalue weighted by molar-refractivity contribution is 5.99. The number of hydrogen-bond donors (Lipinski definition) is 1. The smallest absolute Gasteiger partial charge is 0.328 e. The molecule has 1 aromatic heterocycles. The highest BCUT2D eigenvalue weighted by Crippen LogP contribution is 2.34. The number of anilines is 1. The number of carbonyl (C=O) groups excluding carboxylic acids is 2. The number of halogens is 3. The number of fused-ring (bicyclic) bond motifs is 1. The highest BCUT2D eigenvalue weighted by Gasteiger charge is 2.34. The summed E-state index contributed by atoms with van der Waals surface area (Å²) in [6, 6.07) is 14.2. The molecule has 2 aromatic carbocycles. The van der Waals surface area contributed by atoms with Crippen LogP contribution in [0.2, 0.25) is 0 Å². The average Bonchev–Trinajstić information content (AvgIpc) is 3.40. The molecule has 0 saturated carbocycles. The third-order valence-electron chi connectivity index (χ3n) is 5.64. The van der Waals surface area contributed by atoms with Crippen LogP contribution in [0.25, 0.3) is 5.69 Å². The van der Waals surface area contributed by atoms with E-state index in [1.54, 1.807) is 11.6 Å². The molecule has 0 spiro atoms. The maximum Gasteiger partial charge on any atom is 0.418 e. The molecule has 1 N–H and O–H groups in total. The lowest BCUT2D eigenvalue weighted by Gasteiger charge is -2.20. The van der Waals surface area contributed by atoms with Gasteiger partial charge in [0.15, 0.2) is 5.69 Å². The Hall–Kier alpha value is -3.62. The van der Waals surface area contributed by atoms with Crippen LogP contribution in [-0.4, -0.2) is 39.6 Å². The second-order valence-corrected chi connectivity index (χ2v) is 7.79. The number of amides is 2. The van der Waals surface area contributed by atoms with Crippen LogP contribution < -0.4 is 5.32 Å². The van der Waals surface area contributed by atoms with Crippen LogP contribution in [0.15, 0.2) is 54.6 Å². The number of aromatic nitrogens is 2. The average molecular weight is 456 g/mol. The Morgan fingerprint density at radius 2 is 1.76 bits per heavy atom. The first-order valence-corrected chi connectivity index (χ1v) is 10.7. The van der Waals surface area contributed by atoms with Gasteiger partial charge in [-0.25, -0.2) is 4.68 Å². The topological polar surface area (TPSA) is 67.2 Å². The van der Waals surface area contributed by atoms with Crippen molar-refractivity contribution in [1.82, 2.24) is 14.7 Å². The van der Waals surface area contributed by atoms with Crippen LogP contribution in [0.4, 0.5) is 18.9 Å². The predicted octanol–water partition coefficient (Wildman–Crippen LogP) is 4.48. The molecular formula is C24H23F3N4O2. The standard InChI is InChI=1S/C24H23F3N4O2/c1-2-30(15-21(32)28-19-13-7-6-12-18(19)24(25,26)27)23(33)22-17-11-8-14-20(17)31(29-22)16-9-4-3-5-10-16/h3-7,9-10,12-13H,2,8,11,14-15H2,1H3,(H,28,32). The van der Waals surface area contributed by atoms with Crippen LogP contribution in [0.5, 0.6) is 0 Å². The summed E-state index contributed by atoms with van der Waals surface area (Å²) in [5.41, 5.74) is 1.70. The van der Waals surface area contributed by atoms with E-state index in [1.807, 2.05) is 30.3 Å². The van der Waals surface area contributed by atoms with Gasteiger partial charge in [-0.2, -0.15) is 18.3 Å². The van der Waals surface area contributed by atoms with Crippen LogP contribution in [-0.2, 0) is 23.8 Å². The minimum atomic E-state index is -4.60. The van der Waals surface area contributed by atoms with Gasteiger partial charge >= 0.3 is 6.18 Å². The molecule has 0 bridgehead atoms. The molecule has 2 amide bonds. The van der Waals surface area contributed by atoms with Crippen molar-refractivity contribution in [2.75, 3.05) is 18.4 Å². The van der Waals surface area contributed by atoms with Crippen LogP contribution in [0.3, 0.4) is 0 Å². The lowest BCUT2D eigenvalue weighted by Crippen LogP contribution is -2.38. The third-order valence-corrected chi connectivity index (χ3v) is 5.64. The molecule has 6 nitrogen and oxygen atoms in total. The summed E-state index contributed by atoms with van der Waals surface area (Å²) in [6.07, 6.45) is -2.19. The Morgan fingerprint density at radius 1 is 1.06 bits per heavy atom. The number of nitrogens with zero attached hydrogens (tertiary/aromatic N) is 3. The zero-order valence-corrected chi connectivity index (χ0v) is 18.0. The van der Waals surface area contributed by atoms with Crippen molar-refractivity contribution in [3.8, 4) is 5.69 Å². The van der Waals surface area contributed by atoms with Gasteiger partial charge in [0.25, 0.3) is 5.91 Å². The Morgan fingerprint density at radius 3 is 2.45 bits per heavy atom. The van der Waals surface area contributed by atoms with Crippen LogP contribution in [0.1, 0.15) is 40.7 Å². The summed E-state index contributed by atoms with van der Waals surface area (Å²) in [4.78, 5) is 27.1. The molecule has 1 aliphatic carbocycles. The molecule has 0 saturated heterocycles. The Kier molecular flexibility index (Phi) is 6.22. The second kappa shape index (κ2) is 9.09. The van der Waals surface area contributed by atoms with Gasteiger partial charge in [0, 0.05) is 17.8 Å². The summed E-state index contributed by atoms with van der Waals surface area (Å²) in [6.45, 7) is 1.54. The SMILES string of the molecule is CCN(CC(=O)Nc1ccccc1C(F)(F)F)C(=O)c1nn(-c2ccccc2)c2c1CCC2. The van der Waals surface area contributed by atoms with Crippen molar-refractivity contribution in [2.45, 2.75) is 32.4 Å². The fraction of sp³-hybridized carbons (Fsp3) is 0.292. The molecule has 3 aromatic rings. The quantitative estimate of drug-likeness (QED) is 0.595. The normalized spacial score (nSPS) is 13.0. The highest BCUT2D eigenvalue weighted by atomic mass is 19.4. The summed E-state index contributed by atoms with van der Waals surface area (Å²) < 4.78 is 41.4. The van der Waals surface area contributed by atoms with Crippen LogP contribution in [0, 0.1) is 0 Å². The van der Waals surface area contributed by atoms with Crippen molar-refractivity contribution in [3.63, 3.8) is 0 Å². The monoisotopic (exact) mass is 456 g/mol. The summed E-state index contributed by atoms with van der Waals surface area (Å²) in [7, 11) is 0. The summed E-state index contributed by atoms with van der Waals surface area (Å²) in [5, 5.41) is 6.85. The molecule has 172 valence electrons. The Labute approximate surface area is 189 Å². The molecule has 0 fully saturated rings. The van der Waals surface area contributed by atoms with Gasteiger partial charge in [0.1, 0.15) is 6.54 Å². The lowest BCUT2D eigenvalue weighted by atomic mass is 10.1. The first-order valence-electron chi connectivity index (χ1n) is 10.7. The first kappa shape index (κ1) is 22.6. The van der Waals surface area contributed by atoms with E-state index >= 15 is 0 Å².